The fourth-order valence-electron chi connectivity index (χ4n) is 2.23. The van der Waals surface area contributed by atoms with Gasteiger partial charge in [0.25, 0.3) is 0 Å². The summed E-state index contributed by atoms with van der Waals surface area (Å²) < 4.78 is 11.5. The number of halogens is 3. The maximum absolute atomic E-state index is 5.27. The predicted molar refractivity (Wildman–Crippen MR) is 78.6 cm³/mol. The van der Waals surface area contributed by atoms with Crippen LogP contribution in [0.4, 0.5) is 0 Å². The molecule has 1 heterocycles. The predicted octanol–water partition coefficient (Wildman–Crippen LogP) is -1.39. The molecule has 0 saturated heterocycles. The Kier molecular flexibility index (Phi) is 9.97. The summed E-state index contributed by atoms with van der Waals surface area (Å²) in [6.45, 7) is 3.49. The zero-order valence-corrected chi connectivity index (χ0v) is 17.4. The van der Waals surface area contributed by atoms with Crippen LogP contribution in [0.5, 0.6) is 11.5 Å². The van der Waals surface area contributed by atoms with Gasteiger partial charge in [-0.05, 0) is 46.5 Å². The van der Waals surface area contributed by atoms with Crippen molar-refractivity contribution in [2.24, 2.45) is 0 Å². The first-order valence-electron chi connectivity index (χ1n) is 6.15. The third-order valence-corrected chi connectivity index (χ3v) is 3.89. The standard InChI is InChI=1S/C11H8BrO2.C5H5.2ClH.Zr/c1-6-2-7-4-9-11(14-5-13-9)10(12)8(7)3-6;1-2-4-5-3-1;;;/h3-5H,2H2,1H3;1-3H,4H2;2*1H;/q2*-1;;;+4/p-2. The van der Waals surface area contributed by atoms with Gasteiger partial charge in [0.15, 0.2) is 0 Å². The molecular formula is C16H13BrCl2O2Zr. The summed E-state index contributed by atoms with van der Waals surface area (Å²) >= 11 is 3.54. The molecule has 1 aromatic carbocycles. The maximum atomic E-state index is 5.27. The molecule has 0 aromatic heterocycles. The number of hydrogen-bond acceptors (Lipinski definition) is 2. The Balaban J connectivity index is 0.000000482. The van der Waals surface area contributed by atoms with Crippen molar-refractivity contribution < 1.29 is 60.5 Å². The van der Waals surface area contributed by atoms with E-state index in [1.54, 1.807) is 0 Å². The molecule has 0 fully saturated rings. The zero-order chi connectivity index (χ0) is 13.2. The van der Waals surface area contributed by atoms with Gasteiger partial charge >= 0.3 is 26.2 Å². The molecule has 0 saturated carbocycles. The van der Waals surface area contributed by atoms with Crippen molar-refractivity contribution in [3.05, 3.63) is 58.3 Å². The molecular weight excluding hydrogens is 466 g/mol. The zero-order valence-electron chi connectivity index (χ0n) is 11.8. The van der Waals surface area contributed by atoms with Crippen LogP contribution in [0.15, 0.2) is 34.3 Å². The molecule has 22 heavy (non-hydrogen) atoms. The molecule has 0 N–H and O–H groups in total. The van der Waals surface area contributed by atoms with E-state index in [0.717, 1.165) is 28.8 Å². The largest absolute Gasteiger partial charge is 4.00 e. The minimum Gasteiger partial charge on any atom is -1.00 e. The summed E-state index contributed by atoms with van der Waals surface area (Å²) in [5.41, 5.74) is 3.89. The average molecular weight is 479 g/mol. The Hall–Kier alpha value is -0.0169. The second kappa shape index (κ2) is 9.97. The van der Waals surface area contributed by atoms with Gasteiger partial charge in [-0.25, -0.2) is 12.2 Å². The van der Waals surface area contributed by atoms with E-state index in [-0.39, 0.29) is 51.0 Å². The minimum atomic E-state index is 0. The Morgan fingerprint density at radius 1 is 1.27 bits per heavy atom. The Morgan fingerprint density at radius 3 is 2.64 bits per heavy atom. The van der Waals surface area contributed by atoms with Gasteiger partial charge in [0.05, 0.1) is 4.47 Å². The van der Waals surface area contributed by atoms with Crippen molar-refractivity contribution in [1.82, 2.24) is 0 Å². The van der Waals surface area contributed by atoms with Crippen molar-refractivity contribution in [2.75, 3.05) is 0 Å². The van der Waals surface area contributed by atoms with Gasteiger partial charge in [-0.15, -0.1) is 6.42 Å². The quantitative estimate of drug-likeness (QED) is 0.427. The van der Waals surface area contributed by atoms with Gasteiger partial charge in [-0.2, -0.15) is 6.08 Å². The van der Waals surface area contributed by atoms with Crippen LogP contribution in [0.1, 0.15) is 24.5 Å². The molecule has 1 aliphatic heterocycles. The van der Waals surface area contributed by atoms with Crippen molar-refractivity contribution in [3.8, 4) is 11.5 Å². The van der Waals surface area contributed by atoms with Gasteiger partial charge in [0, 0.05) is 6.79 Å². The second-order valence-electron chi connectivity index (χ2n) is 4.59. The number of benzene rings is 1. The molecule has 4 rings (SSSR count). The normalized spacial score (nSPS) is 14.7. The van der Waals surface area contributed by atoms with Crippen molar-refractivity contribution >= 4 is 22.0 Å². The van der Waals surface area contributed by atoms with Gasteiger partial charge in [0.2, 0.25) is 0 Å². The number of fused-ring (bicyclic) bond motifs is 2. The van der Waals surface area contributed by atoms with E-state index in [4.69, 9.17) is 9.47 Å². The molecule has 2 aliphatic carbocycles. The molecule has 6 heteroatoms. The number of hydrogen-bond donors (Lipinski definition) is 0. The molecule has 2 nitrogen and oxygen atoms in total. The third kappa shape index (κ3) is 4.74. The van der Waals surface area contributed by atoms with Crippen LogP contribution in [0.2, 0.25) is 0 Å². The number of ether oxygens (including phenoxy) is 2. The summed E-state index contributed by atoms with van der Waals surface area (Å²) in [5.74, 6) is 1.59. The van der Waals surface area contributed by atoms with Gasteiger partial charge in [-0.3, -0.25) is 6.08 Å². The van der Waals surface area contributed by atoms with E-state index >= 15 is 0 Å². The summed E-state index contributed by atoms with van der Waals surface area (Å²) in [4.78, 5) is 0. The summed E-state index contributed by atoms with van der Waals surface area (Å²) in [6, 6.07) is 2.05. The SMILES string of the molecule is CC1=Cc2c(cc3c(c2Br)O[CH-]O3)C1.[C-]1=CC=CC1.[Cl-].[Cl-].[Zr+4]. The van der Waals surface area contributed by atoms with Crippen LogP contribution in [-0.4, -0.2) is 0 Å². The molecule has 3 aliphatic rings. The first-order valence-corrected chi connectivity index (χ1v) is 6.94. The Bertz CT molecular complexity index is 603. The Morgan fingerprint density at radius 2 is 2.05 bits per heavy atom. The summed E-state index contributed by atoms with van der Waals surface area (Å²) in [5, 5.41) is 0. The van der Waals surface area contributed by atoms with Crippen LogP contribution in [0, 0.1) is 12.9 Å². The van der Waals surface area contributed by atoms with Gasteiger partial charge in [-0.1, -0.05) is 11.6 Å². The molecule has 0 atom stereocenters. The topological polar surface area (TPSA) is 18.5 Å². The van der Waals surface area contributed by atoms with Crippen LogP contribution in [0.25, 0.3) is 6.08 Å². The van der Waals surface area contributed by atoms with E-state index in [0.29, 0.717) is 0 Å². The van der Waals surface area contributed by atoms with E-state index in [1.807, 2.05) is 18.2 Å². The van der Waals surface area contributed by atoms with Crippen molar-refractivity contribution in [3.63, 3.8) is 0 Å². The fourth-order valence-corrected chi connectivity index (χ4v) is 2.89. The summed E-state index contributed by atoms with van der Waals surface area (Å²) in [7, 11) is 0. The summed E-state index contributed by atoms with van der Waals surface area (Å²) in [6.07, 6.45) is 13.2. The molecule has 114 valence electrons. The maximum Gasteiger partial charge on any atom is 4.00 e. The van der Waals surface area contributed by atoms with Crippen LogP contribution < -0.4 is 34.3 Å². The molecule has 0 radical (unpaired) electrons. The average Bonchev–Trinajstić information content (AvgIpc) is 3.08. The fraction of sp³-hybridized carbons (Fsp3) is 0.188. The van der Waals surface area contributed by atoms with Crippen LogP contribution >= 0.6 is 15.9 Å². The minimum absolute atomic E-state index is 0. The molecule has 0 bridgehead atoms. The molecule has 1 aromatic rings. The Labute approximate surface area is 171 Å². The first kappa shape index (κ1) is 22.0. The van der Waals surface area contributed by atoms with E-state index in [9.17, 15) is 0 Å². The van der Waals surface area contributed by atoms with Crippen molar-refractivity contribution in [2.45, 2.75) is 19.8 Å². The number of rotatable bonds is 0. The molecule has 0 amide bonds. The smallest absolute Gasteiger partial charge is 1.00 e. The first-order chi connectivity index (χ1) is 9.25. The van der Waals surface area contributed by atoms with Crippen LogP contribution in [0.3, 0.4) is 0 Å². The van der Waals surface area contributed by atoms with Crippen molar-refractivity contribution in [1.29, 1.82) is 0 Å². The van der Waals surface area contributed by atoms with Gasteiger partial charge < -0.3 is 34.3 Å². The van der Waals surface area contributed by atoms with E-state index in [1.165, 1.54) is 23.5 Å². The monoisotopic (exact) mass is 476 g/mol. The second-order valence-corrected chi connectivity index (χ2v) is 5.39. The van der Waals surface area contributed by atoms with Gasteiger partial charge in [0.1, 0.15) is 11.5 Å². The van der Waals surface area contributed by atoms with Crippen LogP contribution in [-0.2, 0) is 32.6 Å². The molecule has 0 unspecified atom stereocenters. The number of allylic oxidation sites excluding steroid dienone is 5. The third-order valence-electron chi connectivity index (χ3n) is 3.10. The molecule has 0 spiro atoms. The van der Waals surface area contributed by atoms with E-state index < -0.39 is 0 Å². The van der Waals surface area contributed by atoms with E-state index in [2.05, 4.69) is 41.1 Å².